The molecule has 12 heavy (non-hydrogen) atoms. The van der Waals surface area contributed by atoms with Crippen molar-refractivity contribution < 1.29 is 10.2 Å². The molecule has 2 nitrogen and oxygen atoms in total. The molecule has 0 bridgehead atoms. The Kier molecular flexibility index (Phi) is 3.26. The van der Waals surface area contributed by atoms with Crippen molar-refractivity contribution in [2.75, 3.05) is 6.61 Å². The van der Waals surface area contributed by atoms with Gasteiger partial charge in [0.15, 0.2) is 0 Å². The summed E-state index contributed by atoms with van der Waals surface area (Å²) in [6.07, 6.45) is -0.502. The predicted octanol–water partition coefficient (Wildman–Crippen LogP) is 1.14. The first kappa shape index (κ1) is 9.23. The number of rotatable bonds is 3. The Bertz CT molecular complexity index is 219. The molecular weight excluding hydrogens is 152 g/mol. The molecule has 0 aliphatic heterocycles. The van der Waals surface area contributed by atoms with Gasteiger partial charge in [-0.2, -0.15) is 0 Å². The normalized spacial score (nSPS) is 15.6. The highest BCUT2D eigenvalue weighted by atomic mass is 16.3. The molecule has 2 unspecified atom stereocenters. The van der Waals surface area contributed by atoms with Gasteiger partial charge >= 0.3 is 0 Å². The van der Waals surface area contributed by atoms with E-state index in [9.17, 15) is 5.11 Å². The van der Waals surface area contributed by atoms with Crippen LogP contribution in [0.15, 0.2) is 30.3 Å². The van der Waals surface area contributed by atoms with Crippen molar-refractivity contribution in [2.45, 2.75) is 18.9 Å². The van der Waals surface area contributed by atoms with Gasteiger partial charge in [0.2, 0.25) is 0 Å². The second-order valence-corrected chi connectivity index (χ2v) is 2.94. The van der Waals surface area contributed by atoms with Crippen LogP contribution in [0.1, 0.15) is 18.4 Å². The molecule has 0 radical (unpaired) electrons. The van der Waals surface area contributed by atoms with Gasteiger partial charge in [-0.15, -0.1) is 0 Å². The molecule has 0 amide bonds. The topological polar surface area (TPSA) is 40.5 Å². The van der Waals surface area contributed by atoms with E-state index in [0.717, 1.165) is 5.56 Å². The zero-order chi connectivity index (χ0) is 8.97. The van der Waals surface area contributed by atoms with Gasteiger partial charge in [0, 0.05) is 5.92 Å². The molecular formula is C10H14O2. The Morgan fingerprint density at radius 2 is 1.83 bits per heavy atom. The third-order valence-corrected chi connectivity index (χ3v) is 2.01. The predicted molar refractivity (Wildman–Crippen MR) is 47.9 cm³/mol. The summed E-state index contributed by atoms with van der Waals surface area (Å²) in [5, 5.41) is 18.3. The smallest absolute Gasteiger partial charge is 0.0602 e. The summed E-state index contributed by atoms with van der Waals surface area (Å²) < 4.78 is 0. The Labute approximate surface area is 72.5 Å². The molecule has 1 aromatic rings. The van der Waals surface area contributed by atoms with E-state index in [4.69, 9.17) is 5.11 Å². The van der Waals surface area contributed by atoms with Crippen molar-refractivity contribution in [3.63, 3.8) is 0 Å². The Morgan fingerprint density at radius 1 is 1.25 bits per heavy atom. The fourth-order valence-corrected chi connectivity index (χ4v) is 1.24. The second-order valence-electron chi connectivity index (χ2n) is 2.94. The summed E-state index contributed by atoms with van der Waals surface area (Å²) in [5.74, 6) is -0.161. The van der Waals surface area contributed by atoms with Gasteiger partial charge in [0.25, 0.3) is 0 Å². The highest BCUT2D eigenvalue weighted by Crippen LogP contribution is 2.18. The maximum atomic E-state index is 9.31. The van der Waals surface area contributed by atoms with Crippen molar-refractivity contribution in [1.82, 2.24) is 0 Å². The Hall–Kier alpha value is -0.860. The molecule has 2 atom stereocenters. The van der Waals surface area contributed by atoms with Crippen molar-refractivity contribution in [3.05, 3.63) is 35.9 Å². The minimum absolute atomic E-state index is 0.0122. The van der Waals surface area contributed by atoms with Crippen LogP contribution in [0.2, 0.25) is 0 Å². The van der Waals surface area contributed by atoms with E-state index in [-0.39, 0.29) is 12.5 Å². The molecule has 2 N–H and O–H groups in total. The number of aliphatic hydroxyl groups excluding tert-OH is 2. The largest absolute Gasteiger partial charge is 0.396 e. The van der Waals surface area contributed by atoms with Gasteiger partial charge in [-0.3, -0.25) is 0 Å². The van der Waals surface area contributed by atoms with Crippen LogP contribution < -0.4 is 0 Å². The summed E-state index contributed by atoms with van der Waals surface area (Å²) in [6, 6.07) is 9.54. The molecule has 0 saturated carbocycles. The average molecular weight is 166 g/mol. The molecule has 0 saturated heterocycles. The molecule has 1 aromatic carbocycles. The maximum Gasteiger partial charge on any atom is 0.0602 e. The number of hydrogen-bond donors (Lipinski definition) is 2. The van der Waals surface area contributed by atoms with Crippen LogP contribution in [0.4, 0.5) is 0 Å². The van der Waals surface area contributed by atoms with E-state index in [1.54, 1.807) is 6.92 Å². The van der Waals surface area contributed by atoms with Gasteiger partial charge in [0.1, 0.15) is 0 Å². The summed E-state index contributed by atoms with van der Waals surface area (Å²) in [4.78, 5) is 0. The fourth-order valence-electron chi connectivity index (χ4n) is 1.24. The van der Waals surface area contributed by atoms with Crippen LogP contribution in [0.5, 0.6) is 0 Å². The summed E-state index contributed by atoms with van der Waals surface area (Å²) in [7, 11) is 0. The van der Waals surface area contributed by atoms with Crippen LogP contribution in [-0.4, -0.2) is 22.9 Å². The van der Waals surface area contributed by atoms with Gasteiger partial charge in [-0.05, 0) is 12.5 Å². The van der Waals surface area contributed by atoms with Gasteiger partial charge in [0.05, 0.1) is 12.7 Å². The van der Waals surface area contributed by atoms with Crippen molar-refractivity contribution in [2.24, 2.45) is 0 Å². The summed E-state index contributed by atoms with van der Waals surface area (Å²) in [6.45, 7) is 1.68. The SMILES string of the molecule is CC(O)C(CO)c1ccccc1. The van der Waals surface area contributed by atoms with Crippen LogP contribution in [0.25, 0.3) is 0 Å². The minimum Gasteiger partial charge on any atom is -0.396 e. The number of benzene rings is 1. The van der Waals surface area contributed by atoms with E-state index in [1.807, 2.05) is 30.3 Å². The van der Waals surface area contributed by atoms with Crippen molar-refractivity contribution in [1.29, 1.82) is 0 Å². The van der Waals surface area contributed by atoms with Crippen LogP contribution >= 0.6 is 0 Å². The maximum absolute atomic E-state index is 9.31. The number of aliphatic hydroxyl groups is 2. The van der Waals surface area contributed by atoms with E-state index in [1.165, 1.54) is 0 Å². The third kappa shape index (κ3) is 2.06. The molecule has 2 heteroatoms. The average Bonchev–Trinajstić information content (AvgIpc) is 2.07. The lowest BCUT2D eigenvalue weighted by atomic mass is 9.95. The van der Waals surface area contributed by atoms with Crippen LogP contribution in [0, 0.1) is 0 Å². The van der Waals surface area contributed by atoms with Crippen molar-refractivity contribution >= 4 is 0 Å². The highest BCUT2D eigenvalue weighted by molar-refractivity contribution is 5.20. The molecule has 0 spiro atoms. The van der Waals surface area contributed by atoms with E-state index < -0.39 is 6.10 Å². The van der Waals surface area contributed by atoms with E-state index >= 15 is 0 Å². The number of hydrogen-bond acceptors (Lipinski definition) is 2. The molecule has 0 aliphatic rings. The Morgan fingerprint density at radius 3 is 2.25 bits per heavy atom. The summed E-state index contributed by atoms with van der Waals surface area (Å²) in [5.41, 5.74) is 0.981. The minimum atomic E-state index is -0.502. The lowest BCUT2D eigenvalue weighted by Gasteiger charge is -2.17. The lowest BCUT2D eigenvalue weighted by Crippen LogP contribution is -2.18. The molecule has 1 rings (SSSR count). The standard InChI is InChI=1S/C10H14O2/c1-8(12)10(7-11)9-5-3-2-4-6-9/h2-6,8,10-12H,7H2,1H3. The van der Waals surface area contributed by atoms with Crippen molar-refractivity contribution in [3.8, 4) is 0 Å². The quantitative estimate of drug-likeness (QED) is 0.707. The highest BCUT2D eigenvalue weighted by Gasteiger charge is 2.14. The fraction of sp³-hybridized carbons (Fsp3) is 0.400. The van der Waals surface area contributed by atoms with Crippen LogP contribution in [-0.2, 0) is 0 Å². The van der Waals surface area contributed by atoms with Crippen LogP contribution in [0.3, 0.4) is 0 Å². The van der Waals surface area contributed by atoms with Gasteiger partial charge < -0.3 is 10.2 Å². The zero-order valence-corrected chi connectivity index (χ0v) is 7.14. The lowest BCUT2D eigenvalue weighted by molar-refractivity contribution is 0.121. The molecule has 66 valence electrons. The van der Waals surface area contributed by atoms with E-state index in [2.05, 4.69) is 0 Å². The molecule has 0 aliphatic carbocycles. The Balaban J connectivity index is 2.80. The molecule has 0 aromatic heterocycles. The molecule has 0 fully saturated rings. The van der Waals surface area contributed by atoms with Gasteiger partial charge in [-0.1, -0.05) is 30.3 Å². The first-order valence-corrected chi connectivity index (χ1v) is 4.09. The zero-order valence-electron chi connectivity index (χ0n) is 7.14. The monoisotopic (exact) mass is 166 g/mol. The van der Waals surface area contributed by atoms with Gasteiger partial charge in [-0.25, -0.2) is 0 Å². The first-order chi connectivity index (χ1) is 5.75. The third-order valence-electron chi connectivity index (χ3n) is 2.01. The first-order valence-electron chi connectivity index (χ1n) is 4.09. The van der Waals surface area contributed by atoms with E-state index in [0.29, 0.717) is 0 Å². The second kappa shape index (κ2) is 4.24. The summed E-state index contributed by atoms with van der Waals surface area (Å²) >= 11 is 0. The molecule has 0 heterocycles.